The van der Waals surface area contributed by atoms with Gasteiger partial charge < -0.3 is 77.8 Å². The second-order valence-electron chi connectivity index (χ2n) is 12.4. The number of unbranched alkanes of at least 4 members (excludes halogenated alkanes) is 1. The van der Waals surface area contributed by atoms with E-state index < -0.39 is 90.8 Å². The summed E-state index contributed by atoms with van der Waals surface area (Å²) in [6.07, 6.45) is -7.69. The van der Waals surface area contributed by atoms with Crippen molar-refractivity contribution in [2.24, 2.45) is 28.9 Å². The van der Waals surface area contributed by atoms with Crippen molar-refractivity contribution in [2.75, 3.05) is 19.8 Å². The van der Waals surface area contributed by atoms with Crippen LogP contribution in [0.3, 0.4) is 0 Å². The lowest BCUT2D eigenvalue weighted by molar-refractivity contribution is -0.314. The molecule has 3 fully saturated rings. The van der Waals surface area contributed by atoms with Gasteiger partial charge in [0.1, 0.15) is 30.5 Å². The molecule has 2 heterocycles. The van der Waals surface area contributed by atoms with E-state index in [1.165, 1.54) is 6.92 Å². The molecule has 6 unspecified atom stereocenters. The van der Waals surface area contributed by atoms with Crippen LogP contribution in [0.2, 0.25) is 0 Å². The summed E-state index contributed by atoms with van der Waals surface area (Å²) in [6, 6.07) is -3.47. The Morgan fingerprint density at radius 2 is 1.74 bits per heavy atom. The predicted octanol–water partition coefficient (Wildman–Crippen LogP) is -4.56. The first-order valence-electron chi connectivity index (χ1n) is 15.1. The summed E-state index contributed by atoms with van der Waals surface area (Å²) in [6.45, 7) is 2.87. The lowest BCUT2D eigenvalue weighted by Gasteiger charge is -2.48. The Labute approximate surface area is 252 Å². The van der Waals surface area contributed by atoms with Gasteiger partial charge in [0, 0.05) is 31.2 Å². The molecular weight excluding hydrogens is 570 g/mol. The molecule has 1 amide bonds. The van der Waals surface area contributed by atoms with Gasteiger partial charge in [0.2, 0.25) is 0 Å². The Morgan fingerprint density at radius 3 is 2.40 bits per heavy atom. The third-order valence-corrected chi connectivity index (χ3v) is 8.98. The number of nitrogens with two attached hydrogens (primary N) is 4. The van der Waals surface area contributed by atoms with Crippen molar-refractivity contribution in [3.8, 4) is 0 Å². The normalized spacial score (nSPS) is 42.7. The van der Waals surface area contributed by atoms with E-state index in [0.717, 1.165) is 6.42 Å². The van der Waals surface area contributed by atoms with Crippen molar-refractivity contribution in [1.29, 1.82) is 0 Å². The Hall–Kier alpha value is -1.09. The summed E-state index contributed by atoms with van der Waals surface area (Å²) in [5.74, 6) is -1.67. The van der Waals surface area contributed by atoms with E-state index in [1.54, 1.807) is 6.92 Å². The Balaban J connectivity index is 1.79. The van der Waals surface area contributed by atoms with Crippen molar-refractivity contribution < 1.29 is 54.4 Å². The van der Waals surface area contributed by atoms with Crippen LogP contribution in [0.15, 0.2) is 0 Å². The van der Waals surface area contributed by atoms with Crippen molar-refractivity contribution >= 4 is 5.91 Å². The molecule has 0 aromatic rings. The molecule has 0 aromatic heterocycles. The van der Waals surface area contributed by atoms with E-state index in [1.807, 2.05) is 0 Å². The molecule has 0 radical (unpaired) electrons. The number of aliphatic hydroxyl groups is 6. The third kappa shape index (κ3) is 9.01. The zero-order valence-corrected chi connectivity index (χ0v) is 25.0. The molecule has 252 valence electrons. The van der Waals surface area contributed by atoms with Gasteiger partial charge in [-0.1, -0.05) is 6.92 Å². The first-order chi connectivity index (χ1) is 20.2. The second kappa shape index (κ2) is 16.0. The molecule has 43 heavy (non-hydrogen) atoms. The van der Waals surface area contributed by atoms with Gasteiger partial charge >= 0.3 is 0 Å². The van der Waals surface area contributed by atoms with Gasteiger partial charge in [0.15, 0.2) is 18.7 Å². The summed E-state index contributed by atoms with van der Waals surface area (Å²) in [7, 11) is 0. The van der Waals surface area contributed by atoms with Crippen molar-refractivity contribution in [1.82, 2.24) is 5.32 Å². The van der Waals surface area contributed by atoms with E-state index in [2.05, 4.69) is 5.32 Å². The van der Waals surface area contributed by atoms with E-state index in [0.29, 0.717) is 25.7 Å². The van der Waals surface area contributed by atoms with Crippen LogP contribution < -0.4 is 28.3 Å². The Kier molecular flexibility index (Phi) is 13.5. The molecule has 16 nitrogen and oxygen atoms in total. The van der Waals surface area contributed by atoms with E-state index >= 15 is 0 Å². The molecular formula is C27H53N5O11. The van der Waals surface area contributed by atoms with Gasteiger partial charge in [-0.05, 0) is 45.4 Å². The largest absolute Gasteiger partial charge is 0.396 e. The number of amides is 1. The minimum Gasteiger partial charge on any atom is -0.396 e. The van der Waals surface area contributed by atoms with Crippen LogP contribution in [0.4, 0.5) is 0 Å². The van der Waals surface area contributed by atoms with Crippen LogP contribution in [0.25, 0.3) is 0 Å². The monoisotopic (exact) mass is 623 g/mol. The quantitative estimate of drug-likeness (QED) is 0.0861. The molecule has 2 saturated heterocycles. The van der Waals surface area contributed by atoms with Gasteiger partial charge in [0.25, 0.3) is 5.91 Å². The van der Waals surface area contributed by atoms with Gasteiger partial charge in [-0.25, -0.2) is 0 Å². The molecule has 0 spiro atoms. The van der Waals surface area contributed by atoms with Crippen molar-refractivity contribution in [2.45, 2.75) is 137 Å². The lowest BCUT2D eigenvalue weighted by Crippen LogP contribution is -2.68. The standard InChI is InChI=1S/C27H53N5O11/c1-12-18(34)26(40-11-27(12,2)39)43-23-17(32-24(38)20(36)19(35)16(31)10-28)9-15(30)22(21(23)37)42-25-14(29)7-6-13(41-25)5-3-4-8-33/h12-23,25-26,33-37,39H,3-11,28-31H2,1-2H3,(H,32,38)/t12-,13-,14?,15+,16+,17-,18?,19+,20+,21?,22?,23?,25-,26-,27?/m1/s1. The van der Waals surface area contributed by atoms with E-state index in [9.17, 15) is 30.3 Å². The fraction of sp³-hybridized carbons (Fsp3) is 0.963. The number of carbonyl (C=O) groups excluding carboxylic acids is 1. The minimum absolute atomic E-state index is 0.0120. The average Bonchev–Trinajstić information content (AvgIpc) is 2.97. The topological polar surface area (TPSA) is 291 Å². The number of aliphatic hydroxyl groups excluding tert-OH is 5. The molecule has 15 atom stereocenters. The number of carbonyl (C=O) groups is 1. The predicted molar refractivity (Wildman–Crippen MR) is 152 cm³/mol. The lowest BCUT2D eigenvalue weighted by atomic mass is 9.82. The zero-order chi connectivity index (χ0) is 32.1. The number of hydrogen-bond acceptors (Lipinski definition) is 15. The fourth-order valence-electron chi connectivity index (χ4n) is 5.75. The molecule has 0 bridgehead atoms. The number of hydrogen-bond donors (Lipinski definition) is 11. The summed E-state index contributed by atoms with van der Waals surface area (Å²) in [4.78, 5) is 12.9. The molecule has 1 aliphatic carbocycles. The molecule has 1 saturated carbocycles. The first-order valence-corrected chi connectivity index (χ1v) is 15.1. The summed E-state index contributed by atoms with van der Waals surface area (Å²) < 4.78 is 23.9. The van der Waals surface area contributed by atoms with Gasteiger partial charge in [-0.2, -0.15) is 0 Å². The number of nitrogens with one attached hydrogen (secondary N) is 1. The highest BCUT2D eigenvalue weighted by Gasteiger charge is 2.51. The molecule has 0 aromatic carbocycles. The van der Waals surface area contributed by atoms with Crippen LogP contribution in [-0.2, 0) is 23.7 Å². The molecule has 16 heteroatoms. The van der Waals surface area contributed by atoms with Crippen LogP contribution in [-0.4, -0.2) is 141 Å². The Bertz CT molecular complexity index is 875. The summed E-state index contributed by atoms with van der Waals surface area (Å²) >= 11 is 0. The second-order valence-corrected chi connectivity index (χ2v) is 12.4. The van der Waals surface area contributed by atoms with Crippen molar-refractivity contribution in [3.63, 3.8) is 0 Å². The number of rotatable bonds is 13. The van der Waals surface area contributed by atoms with Crippen LogP contribution >= 0.6 is 0 Å². The highest BCUT2D eigenvalue weighted by Crippen LogP contribution is 2.34. The minimum atomic E-state index is -1.94. The fourth-order valence-corrected chi connectivity index (χ4v) is 5.75. The van der Waals surface area contributed by atoms with Gasteiger partial charge in [0.05, 0.1) is 30.4 Å². The third-order valence-electron chi connectivity index (χ3n) is 8.98. The van der Waals surface area contributed by atoms with Crippen LogP contribution in [0.1, 0.15) is 52.4 Å². The average molecular weight is 624 g/mol. The molecule has 2 aliphatic heterocycles. The van der Waals surface area contributed by atoms with Crippen molar-refractivity contribution in [3.05, 3.63) is 0 Å². The van der Waals surface area contributed by atoms with E-state index in [-0.39, 0.29) is 32.3 Å². The smallest absolute Gasteiger partial charge is 0.251 e. The van der Waals surface area contributed by atoms with E-state index in [4.69, 9.17) is 47.0 Å². The summed E-state index contributed by atoms with van der Waals surface area (Å²) in [5.41, 5.74) is 22.5. The highest BCUT2D eigenvalue weighted by atomic mass is 16.7. The van der Waals surface area contributed by atoms with Gasteiger partial charge in [-0.15, -0.1) is 0 Å². The molecule has 3 rings (SSSR count). The van der Waals surface area contributed by atoms with Crippen LogP contribution in [0, 0.1) is 5.92 Å². The highest BCUT2D eigenvalue weighted by molar-refractivity contribution is 5.81. The molecule has 15 N–H and O–H groups in total. The molecule has 3 aliphatic rings. The van der Waals surface area contributed by atoms with Gasteiger partial charge in [-0.3, -0.25) is 4.79 Å². The number of ether oxygens (including phenoxy) is 4. The maximum Gasteiger partial charge on any atom is 0.251 e. The first kappa shape index (κ1) is 36.4. The Morgan fingerprint density at radius 1 is 1.07 bits per heavy atom. The zero-order valence-electron chi connectivity index (χ0n) is 25.0. The summed E-state index contributed by atoms with van der Waals surface area (Å²) in [5, 5.41) is 65.2. The van der Waals surface area contributed by atoms with Crippen LogP contribution in [0.5, 0.6) is 0 Å². The maximum atomic E-state index is 12.9. The maximum absolute atomic E-state index is 12.9. The SMILES string of the molecule is C[C@@H]1C(O)[C@@H](OC2C(O)C(O[C@H]3O[C@H](CCCCO)CCC3N)[C@@H](N)C[C@H]2NC(=O)[C@@H](O)[C@@H](O)[C@@H](N)CN)OCC1(C)O.